The van der Waals surface area contributed by atoms with Crippen molar-refractivity contribution in [3.63, 3.8) is 0 Å². The fraction of sp³-hybridized carbons (Fsp3) is 0.316. The summed E-state index contributed by atoms with van der Waals surface area (Å²) >= 11 is 1.43. The van der Waals surface area contributed by atoms with Crippen LogP contribution in [-0.4, -0.2) is 21.6 Å². The van der Waals surface area contributed by atoms with E-state index in [9.17, 15) is 9.59 Å². The Kier molecular flexibility index (Phi) is 4.99. The zero-order valence-electron chi connectivity index (χ0n) is 14.4. The Balaban J connectivity index is 2.05. The number of ether oxygens (including phenoxy) is 1. The van der Waals surface area contributed by atoms with Crippen molar-refractivity contribution in [3.05, 3.63) is 52.4 Å². The number of benzene rings is 1. The lowest BCUT2D eigenvalue weighted by Gasteiger charge is -2.17. The molecular weight excluding hydrogens is 336 g/mol. The summed E-state index contributed by atoms with van der Waals surface area (Å²) in [6.07, 6.45) is 1.98. The number of rotatable bonds is 5. The molecule has 0 spiro atoms. The van der Waals surface area contributed by atoms with Crippen molar-refractivity contribution in [1.82, 2.24) is 9.55 Å². The third-order valence-electron chi connectivity index (χ3n) is 4.25. The summed E-state index contributed by atoms with van der Waals surface area (Å²) in [6.45, 7) is 5.44. The molecular formula is C19H20N2O3S. The monoisotopic (exact) mass is 356 g/mol. The summed E-state index contributed by atoms with van der Waals surface area (Å²) in [5, 5.41) is 2.47. The largest absolute Gasteiger partial charge is 0.461 e. The number of carbonyl (C=O) groups is 1. The maximum absolute atomic E-state index is 13.0. The summed E-state index contributed by atoms with van der Waals surface area (Å²) in [4.78, 5) is 30.3. The third-order valence-corrected chi connectivity index (χ3v) is 5.14. The standard InChI is InChI=1S/C19H20N2O3S/c1-4-12(2)24-19(23)13(3)21-11-20-17-16(18(21)22)15(10-25-17)14-8-6-5-7-9-14/h5-13H,4H2,1-3H3/t12-,13+/m1/s1. The van der Waals surface area contributed by atoms with E-state index in [2.05, 4.69) is 4.98 Å². The van der Waals surface area contributed by atoms with Crippen LogP contribution in [0.15, 0.2) is 46.8 Å². The van der Waals surface area contributed by atoms with E-state index in [4.69, 9.17) is 4.74 Å². The van der Waals surface area contributed by atoms with Gasteiger partial charge in [0.05, 0.1) is 17.8 Å². The molecule has 0 radical (unpaired) electrons. The van der Waals surface area contributed by atoms with Gasteiger partial charge in [0.1, 0.15) is 10.9 Å². The average molecular weight is 356 g/mol. The molecule has 5 nitrogen and oxygen atoms in total. The van der Waals surface area contributed by atoms with Gasteiger partial charge in [-0.25, -0.2) is 9.78 Å². The third kappa shape index (κ3) is 3.35. The second-order valence-electron chi connectivity index (χ2n) is 5.98. The maximum atomic E-state index is 13.0. The fourth-order valence-electron chi connectivity index (χ4n) is 2.55. The van der Waals surface area contributed by atoms with Crippen molar-refractivity contribution in [2.45, 2.75) is 39.3 Å². The zero-order chi connectivity index (χ0) is 18.0. The van der Waals surface area contributed by atoms with Crippen LogP contribution in [-0.2, 0) is 9.53 Å². The Morgan fingerprint density at radius 1 is 1.28 bits per heavy atom. The molecule has 0 N–H and O–H groups in total. The summed E-state index contributed by atoms with van der Waals surface area (Å²) in [5.74, 6) is -0.422. The minimum atomic E-state index is -0.720. The first-order chi connectivity index (χ1) is 12.0. The Morgan fingerprint density at radius 3 is 2.68 bits per heavy atom. The van der Waals surface area contributed by atoms with Crippen LogP contribution >= 0.6 is 11.3 Å². The van der Waals surface area contributed by atoms with E-state index in [0.717, 1.165) is 17.5 Å². The van der Waals surface area contributed by atoms with Crippen LogP contribution < -0.4 is 5.56 Å². The van der Waals surface area contributed by atoms with E-state index in [-0.39, 0.29) is 11.7 Å². The van der Waals surface area contributed by atoms with Crippen molar-refractivity contribution in [2.75, 3.05) is 0 Å². The minimum absolute atomic E-state index is 0.177. The average Bonchev–Trinajstić information content (AvgIpc) is 3.07. The SMILES string of the molecule is CC[C@@H](C)OC(=O)[C@H](C)n1cnc2scc(-c3ccccc3)c2c1=O. The quantitative estimate of drug-likeness (QED) is 0.648. The van der Waals surface area contributed by atoms with Gasteiger partial charge in [-0.3, -0.25) is 9.36 Å². The lowest BCUT2D eigenvalue weighted by atomic mass is 10.1. The van der Waals surface area contributed by atoms with Gasteiger partial charge < -0.3 is 4.74 Å². The topological polar surface area (TPSA) is 61.2 Å². The van der Waals surface area contributed by atoms with Gasteiger partial charge in [0.2, 0.25) is 0 Å². The van der Waals surface area contributed by atoms with Crippen molar-refractivity contribution in [3.8, 4) is 11.1 Å². The van der Waals surface area contributed by atoms with Crippen LogP contribution in [0, 0.1) is 0 Å². The number of hydrogen-bond donors (Lipinski definition) is 0. The lowest BCUT2D eigenvalue weighted by Crippen LogP contribution is -2.31. The number of aromatic nitrogens is 2. The highest BCUT2D eigenvalue weighted by Crippen LogP contribution is 2.30. The highest BCUT2D eigenvalue weighted by Gasteiger charge is 2.22. The predicted octanol–water partition coefficient (Wildman–Crippen LogP) is 4.03. The van der Waals surface area contributed by atoms with Crippen molar-refractivity contribution in [2.24, 2.45) is 0 Å². The predicted molar refractivity (Wildman–Crippen MR) is 99.9 cm³/mol. The van der Waals surface area contributed by atoms with Crippen molar-refractivity contribution in [1.29, 1.82) is 0 Å². The molecule has 3 rings (SSSR count). The number of thiophene rings is 1. The molecule has 2 atom stereocenters. The first-order valence-corrected chi connectivity index (χ1v) is 9.15. The Hall–Kier alpha value is -2.47. The smallest absolute Gasteiger partial charge is 0.329 e. The molecule has 0 saturated heterocycles. The van der Waals surface area contributed by atoms with Crippen molar-refractivity contribution < 1.29 is 9.53 Å². The number of hydrogen-bond acceptors (Lipinski definition) is 5. The molecule has 0 fully saturated rings. The van der Waals surface area contributed by atoms with Gasteiger partial charge in [0.25, 0.3) is 5.56 Å². The maximum Gasteiger partial charge on any atom is 0.329 e. The van der Waals surface area contributed by atoms with Gasteiger partial charge in [0.15, 0.2) is 0 Å². The molecule has 25 heavy (non-hydrogen) atoms. The van der Waals surface area contributed by atoms with Gasteiger partial charge >= 0.3 is 5.97 Å². The van der Waals surface area contributed by atoms with Gasteiger partial charge in [-0.2, -0.15) is 0 Å². The molecule has 130 valence electrons. The molecule has 2 aromatic heterocycles. The first-order valence-electron chi connectivity index (χ1n) is 8.27. The molecule has 0 aliphatic heterocycles. The molecule has 0 amide bonds. The van der Waals surface area contributed by atoms with Gasteiger partial charge in [-0.1, -0.05) is 37.3 Å². The molecule has 1 aromatic carbocycles. The van der Waals surface area contributed by atoms with Crippen LogP contribution in [0.4, 0.5) is 0 Å². The number of esters is 1. The molecule has 0 aliphatic rings. The molecule has 2 heterocycles. The highest BCUT2D eigenvalue weighted by molar-refractivity contribution is 7.17. The molecule has 0 unspecified atom stereocenters. The van der Waals surface area contributed by atoms with Gasteiger partial charge in [-0.15, -0.1) is 11.3 Å². The molecule has 0 aliphatic carbocycles. The van der Waals surface area contributed by atoms with Gasteiger partial charge in [0, 0.05) is 10.9 Å². The first kappa shape index (κ1) is 17.4. The number of nitrogens with zero attached hydrogens (tertiary/aromatic N) is 2. The summed E-state index contributed by atoms with van der Waals surface area (Å²) in [5.41, 5.74) is 1.58. The van der Waals surface area contributed by atoms with Crippen LogP contribution in [0.1, 0.15) is 33.2 Å². The van der Waals surface area contributed by atoms with Gasteiger partial charge in [-0.05, 0) is 25.8 Å². The Morgan fingerprint density at radius 2 is 2.00 bits per heavy atom. The summed E-state index contributed by atoms with van der Waals surface area (Å²) < 4.78 is 6.71. The van der Waals surface area contributed by atoms with E-state index in [1.807, 2.05) is 49.6 Å². The summed E-state index contributed by atoms with van der Waals surface area (Å²) in [6, 6.07) is 8.99. The van der Waals surface area contributed by atoms with E-state index < -0.39 is 12.0 Å². The van der Waals surface area contributed by atoms with E-state index in [0.29, 0.717) is 10.2 Å². The fourth-order valence-corrected chi connectivity index (χ4v) is 3.45. The number of fused-ring (bicyclic) bond motifs is 1. The van der Waals surface area contributed by atoms with Crippen LogP contribution in [0.5, 0.6) is 0 Å². The Labute approximate surface area is 149 Å². The van der Waals surface area contributed by atoms with Crippen molar-refractivity contribution >= 4 is 27.5 Å². The van der Waals surface area contributed by atoms with Crippen LogP contribution in [0.3, 0.4) is 0 Å². The molecule has 3 aromatic rings. The van der Waals surface area contributed by atoms with Crippen LogP contribution in [0.2, 0.25) is 0 Å². The Bertz CT molecular complexity index is 946. The van der Waals surface area contributed by atoms with E-state index >= 15 is 0 Å². The lowest BCUT2D eigenvalue weighted by molar-refractivity contribution is -0.152. The zero-order valence-corrected chi connectivity index (χ0v) is 15.2. The minimum Gasteiger partial charge on any atom is -0.461 e. The van der Waals surface area contributed by atoms with E-state index in [1.165, 1.54) is 22.2 Å². The second kappa shape index (κ2) is 7.19. The summed E-state index contributed by atoms with van der Waals surface area (Å²) in [7, 11) is 0. The highest BCUT2D eigenvalue weighted by atomic mass is 32.1. The molecule has 0 bridgehead atoms. The number of carbonyl (C=O) groups excluding carboxylic acids is 1. The molecule has 6 heteroatoms. The van der Waals surface area contributed by atoms with E-state index in [1.54, 1.807) is 6.92 Å². The normalized spacial score (nSPS) is 13.6. The molecule has 0 saturated carbocycles. The van der Waals surface area contributed by atoms with Crippen LogP contribution in [0.25, 0.3) is 21.3 Å². The second-order valence-corrected chi connectivity index (χ2v) is 6.84.